The molecule has 1 amide bonds. The molecule has 0 radical (unpaired) electrons. The number of furan rings is 1. The van der Waals surface area contributed by atoms with Crippen molar-refractivity contribution in [2.75, 3.05) is 6.54 Å². The molecular formula is C15H14BrN3O2. The quantitative estimate of drug-likeness (QED) is 0.789. The zero-order valence-corrected chi connectivity index (χ0v) is 13.1. The Morgan fingerprint density at radius 2 is 2.24 bits per heavy atom. The molecule has 0 aliphatic heterocycles. The molecule has 1 aromatic carbocycles. The standard InChI is InChI=1S/C15H14BrN3O2/c1-19-9-18-11-8-10(2-3-12(11)19)6-7-17-15(20)13-4-5-14(16)21-13/h2-5,8-9H,6-7H2,1H3,(H,17,20). The molecule has 3 rings (SSSR count). The lowest BCUT2D eigenvalue weighted by molar-refractivity contribution is 0.0925. The third kappa shape index (κ3) is 3.00. The minimum atomic E-state index is -0.209. The van der Waals surface area contributed by atoms with E-state index in [1.54, 1.807) is 18.5 Å². The predicted molar refractivity (Wildman–Crippen MR) is 83.2 cm³/mol. The second-order valence-electron chi connectivity index (χ2n) is 4.79. The van der Waals surface area contributed by atoms with Crippen molar-refractivity contribution in [2.45, 2.75) is 6.42 Å². The molecular weight excluding hydrogens is 334 g/mol. The lowest BCUT2D eigenvalue weighted by atomic mass is 10.1. The molecule has 1 N–H and O–H groups in total. The van der Waals surface area contributed by atoms with Crippen LogP contribution in [-0.2, 0) is 13.5 Å². The fourth-order valence-corrected chi connectivity index (χ4v) is 2.49. The van der Waals surface area contributed by atoms with Crippen LogP contribution < -0.4 is 5.32 Å². The van der Waals surface area contributed by atoms with Crippen LogP contribution in [-0.4, -0.2) is 22.0 Å². The maximum absolute atomic E-state index is 11.8. The van der Waals surface area contributed by atoms with Crippen LogP contribution in [0, 0.1) is 0 Å². The number of halogens is 1. The number of hydrogen-bond donors (Lipinski definition) is 1. The van der Waals surface area contributed by atoms with Gasteiger partial charge < -0.3 is 14.3 Å². The van der Waals surface area contributed by atoms with Crippen molar-refractivity contribution in [3.05, 3.63) is 52.7 Å². The Labute approximate surface area is 130 Å². The number of imidazole rings is 1. The lowest BCUT2D eigenvalue weighted by Gasteiger charge is -2.04. The van der Waals surface area contributed by atoms with Gasteiger partial charge in [-0.3, -0.25) is 4.79 Å². The summed E-state index contributed by atoms with van der Waals surface area (Å²) in [5.74, 6) is 0.0988. The average Bonchev–Trinajstić information content (AvgIpc) is 3.06. The highest BCUT2D eigenvalue weighted by Gasteiger charge is 2.09. The molecule has 0 atom stereocenters. The van der Waals surface area contributed by atoms with Crippen LogP contribution in [0.3, 0.4) is 0 Å². The van der Waals surface area contributed by atoms with E-state index in [9.17, 15) is 4.79 Å². The number of amides is 1. The van der Waals surface area contributed by atoms with Gasteiger partial charge in [-0.25, -0.2) is 4.98 Å². The van der Waals surface area contributed by atoms with Crippen molar-refractivity contribution in [3.8, 4) is 0 Å². The number of fused-ring (bicyclic) bond motifs is 1. The van der Waals surface area contributed by atoms with E-state index in [2.05, 4.69) is 32.3 Å². The molecule has 0 fully saturated rings. The molecule has 2 aromatic heterocycles. The summed E-state index contributed by atoms with van der Waals surface area (Å²) in [4.78, 5) is 16.2. The normalized spacial score (nSPS) is 11.0. The van der Waals surface area contributed by atoms with E-state index in [0.29, 0.717) is 17.0 Å². The summed E-state index contributed by atoms with van der Waals surface area (Å²) in [5.41, 5.74) is 3.21. The first-order valence-corrected chi connectivity index (χ1v) is 7.36. The Morgan fingerprint density at radius 3 is 3.00 bits per heavy atom. The Morgan fingerprint density at radius 1 is 1.38 bits per heavy atom. The van der Waals surface area contributed by atoms with E-state index in [0.717, 1.165) is 23.0 Å². The van der Waals surface area contributed by atoms with Crippen LogP contribution in [0.15, 0.2) is 45.7 Å². The van der Waals surface area contributed by atoms with Crippen LogP contribution in [0.5, 0.6) is 0 Å². The van der Waals surface area contributed by atoms with Crippen LogP contribution in [0.2, 0.25) is 0 Å². The van der Waals surface area contributed by atoms with Crippen molar-refractivity contribution >= 4 is 32.9 Å². The van der Waals surface area contributed by atoms with Gasteiger partial charge in [0.15, 0.2) is 10.4 Å². The Balaban J connectivity index is 1.60. The molecule has 3 aromatic rings. The number of hydrogen-bond acceptors (Lipinski definition) is 3. The number of carbonyl (C=O) groups is 1. The number of nitrogens with one attached hydrogen (secondary N) is 1. The monoisotopic (exact) mass is 347 g/mol. The van der Waals surface area contributed by atoms with E-state index in [-0.39, 0.29) is 5.91 Å². The average molecular weight is 348 g/mol. The Bertz CT molecular complexity index is 791. The van der Waals surface area contributed by atoms with Gasteiger partial charge in [0.1, 0.15) is 0 Å². The molecule has 0 aliphatic rings. The van der Waals surface area contributed by atoms with Gasteiger partial charge in [0.25, 0.3) is 5.91 Å². The zero-order chi connectivity index (χ0) is 14.8. The predicted octanol–water partition coefficient (Wildman–Crippen LogP) is 2.90. The number of nitrogens with zero attached hydrogens (tertiary/aromatic N) is 2. The number of carbonyl (C=O) groups excluding carboxylic acids is 1. The van der Waals surface area contributed by atoms with Crippen molar-refractivity contribution in [1.82, 2.24) is 14.9 Å². The summed E-state index contributed by atoms with van der Waals surface area (Å²) in [5, 5.41) is 2.83. The first-order chi connectivity index (χ1) is 10.1. The van der Waals surface area contributed by atoms with Crippen LogP contribution in [0.1, 0.15) is 16.1 Å². The Hall–Kier alpha value is -2.08. The molecule has 0 saturated carbocycles. The second kappa shape index (κ2) is 5.73. The summed E-state index contributed by atoms with van der Waals surface area (Å²) in [6.07, 6.45) is 2.55. The van der Waals surface area contributed by atoms with Gasteiger partial charge in [-0.2, -0.15) is 0 Å². The van der Waals surface area contributed by atoms with Crippen molar-refractivity contribution in [3.63, 3.8) is 0 Å². The van der Waals surface area contributed by atoms with Crippen LogP contribution in [0.25, 0.3) is 11.0 Å². The topological polar surface area (TPSA) is 60.1 Å². The Kier molecular flexibility index (Phi) is 3.79. The molecule has 21 heavy (non-hydrogen) atoms. The number of rotatable bonds is 4. The first kappa shape index (κ1) is 13.9. The zero-order valence-electron chi connectivity index (χ0n) is 11.5. The molecule has 5 nitrogen and oxygen atoms in total. The molecule has 6 heteroatoms. The van der Waals surface area contributed by atoms with Crippen molar-refractivity contribution < 1.29 is 9.21 Å². The number of aromatic nitrogens is 2. The fraction of sp³-hybridized carbons (Fsp3) is 0.200. The second-order valence-corrected chi connectivity index (χ2v) is 5.57. The first-order valence-electron chi connectivity index (χ1n) is 6.57. The minimum Gasteiger partial charge on any atom is -0.444 e. The molecule has 0 unspecified atom stereocenters. The highest BCUT2D eigenvalue weighted by molar-refractivity contribution is 9.10. The number of benzene rings is 1. The summed E-state index contributed by atoms with van der Waals surface area (Å²) >= 11 is 3.17. The molecule has 2 heterocycles. The maximum Gasteiger partial charge on any atom is 0.287 e. The largest absolute Gasteiger partial charge is 0.444 e. The van der Waals surface area contributed by atoms with Crippen molar-refractivity contribution in [2.24, 2.45) is 7.05 Å². The third-order valence-corrected chi connectivity index (χ3v) is 3.71. The van der Waals surface area contributed by atoms with E-state index in [1.807, 2.05) is 23.7 Å². The van der Waals surface area contributed by atoms with Gasteiger partial charge in [0.05, 0.1) is 17.4 Å². The van der Waals surface area contributed by atoms with Gasteiger partial charge in [-0.1, -0.05) is 6.07 Å². The smallest absolute Gasteiger partial charge is 0.287 e. The van der Waals surface area contributed by atoms with Gasteiger partial charge in [0.2, 0.25) is 0 Å². The molecule has 0 saturated heterocycles. The molecule has 0 aliphatic carbocycles. The van der Waals surface area contributed by atoms with E-state index in [4.69, 9.17) is 4.42 Å². The highest BCUT2D eigenvalue weighted by Crippen LogP contribution is 2.15. The van der Waals surface area contributed by atoms with Gasteiger partial charge >= 0.3 is 0 Å². The minimum absolute atomic E-state index is 0.209. The molecule has 0 bridgehead atoms. The van der Waals surface area contributed by atoms with Crippen molar-refractivity contribution in [1.29, 1.82) is 0 Å². The van der Waals surface area contributed by atoms with Gasteiger partial charge in [-0.05, 0) is 52.2 Å². The number of aryl methyl sites for hydroxylation is 1. The molecule has 108 valence electrons. The highest BCUT2D eigenvalue weighted by atomic mass is 79.9. The lowest BCUT2D eigenvalue weighted by Crippen LogP contribution is -2.25. The summed E-state index contributed by atoms with van der Waals surface area (Å²) < 4.78 is 7.73. The molecule has 0 spiro atoms. The third-order valence-electron chi connectivity index (χ3n) is 3.29. The summed E-state index contributed by atoms with van der Waals surface area (Å²) in [6, 6.07) is 9.48. The maximum atomic E-state index is 11.8. The van der Waals surface area contributed by atoms with Gasteiger partial charge in [-0.15, -0.1) is 0 Å². The van der Waals surface area contributed by atoms with Gasteiger partial charge in [0, 0.05) is 13.6 Å². The van der Waals surface area contributed by atoms with E-state index in [1.165, 1.54) is 0 Å². The SMILES string of the molecule is Cn1cnc2cc(CCNC(=O)c3ccc(Br)o3)ccc21. The van der Waals surface area contributed by atoms with Crippen LogP contribution >= 0.6 is 15.9 Å². The fourth-order valence-electron chi connectivity index (χ4n) is 2.18. The van der Waals surface area contributed by atoms with Crippen LogP contribution in [0.4, 0.5) is 0 Å². The van der Waals surface area contributed by atoms with E-state index >= 15 is 0 Å². The van der Waals surface area contributed by atoms with E-state index < -0.39 is 0 Å². The summed E-state index contributed by atoms with van der Waals surface area (Å²) in [7, 11) is 1.97. The summed E-state index contributed by atoms with van der Waals surface area (Å²) in [6.45, 7) is 0.551.